The Labute approximate surface area is 85.5 Å². The molecule has 0 amide bonds. The molecule has 0 saturated carbocycles. The van der Waals surface area contributed by atoms with Gasteiger partial charge in [0.25, 0.3) is 0 Å². The lowest BCUT2D eigenvalue weighted by Gasteiger charge is -2.11. The summed E-state index contributed by atoms with van der Waals surface area (Å²) in [6, 6.07) is 3.60. The summed E-state index contributed by atoms with van der Waals surface area (Å²) in [6.07, 6.45) is 1.63. The number of nitrogens with zero attached hydrogens (tertiary/aromatic N) is 1. The summed E-state index contributed by atoms with van der Waals surface area (Å²) >= 11 is 0. The highest BCUT2D eigenvalue weighted by Crippen LogP contribution is 2.14. The van der Waals surface area contributed by atoms with E-state index in [2.05, 4.69) is 4.98 Å². The summed E-state index contributed by atoms with van der Waals surface area (Å²) in [5.74, 6) is 1.33. The number of aromatic nitrogens is 1. The van der Waals surface area contributed by atoms with Crippen LogP contribution in [0.1, 0.15) is 15.3 Å². The molecule has 0 bridgehead atoms. The van der Waals surface area contributed by atoms with Gasteiger partial charge in [0.05, 0.1) is 12.8 Å². The van der Waals surface area contributed by atoms with Gasteiger partial charge in [-0.2, -0.15) is 0 Å². The first-order chi connectivity index (χ1) is 6.76. The van der Waals surface area contributed by atoms with E-state index < -0.39 is 0 Å². The average Bonchev–Trinajstić information content (AvgIpc) is 2.21. The summed E-state index contributed by atoms with van der Waals surface area (Å²) in [6.45, 7) is 4.95. The van der Waals surface area contributed by atoms with Crippen LogP contribution in [0.5, 0.6) is 11.6 Å². The largest absolute Gasteiger partial charge is 0.492 e. The molecule has 0 aliphatic rings. The summed E-state index contributed by atoms with van der Waals surface area (Å²) in [5, 5.41) is 0. The van der Waals surface area contributed by atoms with Crippen LogP contribution >= 0.6 is 0 Å². The van der Waals surface area contributed by atoms with Gasteiger partial charge in [0.1, 0.15) is 11.9 Å². The molecule has 1 atom stereocenters. The number of rotatable bonds is 5. The van der Waals surface area contributed by atoms with Crippen LogP contribution in [-0.2, 0) is 0 Å². The summed E-state index contributed by atoms with van der Waals surface area (Å²) < 4.78 is 10.7. The highest BCUT2D eigenvalue weighted by molar-refractivity contribution is 5.22. The molecule has 80 valence electrons. The van der Waals surface area contributed by atoms with E-state index in [4.69, 9.17) is 15.2 Å². The average molecular weight is 198 g/mol. The summed E-state index contributed by atoms with van der Waals surface area (Å²) in [4.78, 5) is 4.08. The SMILES string of the molecule is CCOc1ccc(O[C@H](C)CN)nc1.[HH]. The van der Waals surface area contributed by atoms with Crippen LogP contribution in [0, 0.1) is 0 Å². The van der Waals surface area contributed by atoms with Gasteiger partial charge in [0.2, 0.25) is 5.88 Å². The van der Waals surface area contributed by atoms with Gasteiger partial charge in [-0.15, -0.1) is 0 Å². The van der Waals surface area contributed by atoms with Crippen molar-refractivity contribution in [1.29, 1.82) is 0 Å². The van der Waals surface area contributed by atoms with E-state index in [9.17, 15) is 0 Å². The van der Waals surface area contributed by atoms with E-state index in [1.807, 2.05) is 19.9 Å². The van der Waals surface area contributed by atoms with Gasteiger partial charge < -0.3 is 15.2 Å². The Bertz CT molecular complexity index is 267. The zero-order valence-corrected chi connectivity index (χ0v) is 8.56. The molecule has 0 saturated heterocycles. The number of hydrogen-bond donors (Lipinski definition) is 1. The zero-order chi connectivity index (χ0) is 10.4. The Kier molecular flexibility index (Phi) is 4.19. The van der Waals surface area contributed by atoms with Crippen molar-refractivity contribution in [3.8, 4) is 11.6 Å². The minimum absolute atomic E-state index is 0. The van der Waals surface area contributed by atoms with Gasteiger partial charge in [-0.3, -0.25) is 0 Å². The van der Waals surface area contributed by atoms with Crippen LogP contribution < -0.4 is 15.2 Å². The molecule has 0 unspecified atom stereocenters. The predicted octanol–water partition coefficient (Wildman–Crippen LogP) is 1.45. The monoisotopic (exact) mass is 198 g/mol. The Morgan fingerprint density at radius 1 is 1.57 bits per heavy atom. The van der Waals surface area contributed by atoms with E-state index >= 15 is 0 Å². The van der Waals surface area contributed by atoms with Crippen LogP contribution in [0.3, 0.4) is 0 Å². The number of ether oxygens (including phenoxy) is 2. The van der Waals surface area contributed by atoms with E-state index in [1.165, 1.54) is 0 Å². The number of pyridine rings is 1. The standard InChI is InChI=1S/C10H16N2O2.H2/c1-3-13-9-4-5-10(12-7-9)14-8(2)6-11;/h4-5,7-8H,3,6,11H2,1-2H3;1H/t8-;/m1./s1. The lowest BCUT2D eigenvalue weighted by molar-refractivity contribution is 0.220. The molecule has 0 spiro atoms. The fourth-order valence-electron chi connectivity index (χ4n) is 0.943. The maximum atomic E-state index is 5.42. The zero-order valence-electron chi connectivity index (χ0n) is 8.56. The van der Waals surface area contributed by atoms with Crippen molar-refractivity contribution >= 4 is 0 Å². The van der Waals surface area contributed by atoms with Crippen LogP contribution in [0.2, 0.25) is 0 Å². The van der Waals surface area contributed by atoms with Crippen molar-refractivity contribution in [3.63, 3.8) is 0 Å². The van der Waals surface area contributed by atoms with E-state index in [0.29, 0.717) is 19.0 Å². The van der Waals surface area contributed by atoms with Gasteiger partial charge >= 0.3 is 0 Å². The highest BCUT2D eigenvalue weighted by Gasteiger charge is 2.02. The Hall–Kier alpha value is -1.29. The van der Waals surface area contributed by atoms with E-state index in [1.54, 1.807) is 12.3 Å². The first-order valence-electron chi connectivity index (χ1n) is 4.71. The summed E-state index contributed by atoms with van der Waals surface area (Å²) in [7, 11) is 0. The van der Waals surface area contributed by atoms with Gasteiger partial charge in [-0.25, -0.2) is 4.98 Å². The van der Waals surface area contributed by atoms with Crippen LogP contribution in [0.4, 0.5) is 0 Å². The molecule has 0 aromatic carbocycles. The second-order valence-electron chi connectivity index (χ2n) is 2.93. The van der Waals surface area contributed by atoms with Crippen molar-refractivity contribution in [3.05, 3.63) is 18.3 Å². The molecule has 1 aromatic rings. The molecule has 1 aromatic heterocycles. The second kappa shape index (κ2) is 5.44. The lowest BCUT2D eigenvalue weighted by Crippen LogP contribution is -2.23. The van der Waals surface area contributed by atoms with Crippen molar-refractivity contribution in [2.75, 3.05) is 13.2 Å². The Morgan fingerprint density at radius 2 is 2.36 bits per heavy atom. The van der Waals surface area contributed by atoms with Crippen LogP contribution in [-0.4, -0.2) is 24.2 Å². The van der Waals surface area contributed by atoms with Crippen molar-refractivity contribution < 1.29 is 10.9 Å². The fourth-order valence-corrected chi connectivity index (χ4v) is 0.943. The van der Waals surface area contributed by atoms with Gasteiger partial charge in [0.15, 0.2) is 0 Å². The fraction of sp³-hybridized carbons (Fsp3) is 0.500. The van der Waals surface area contributed by atoms with Gasteiger partial charge in [-0.1, -0.05) is 0 Å². The van der Waals surface area contributed by atoms with Crippen LogP contribution in [0.25, 0.3) is 0 Å². The minimum atomic E-state index is -0.0135. The smallest absolute Gasteiger partial charge is 0.213 e. The molecular weight excluding hydrogens is 180 g/mol. The maximum Gasteiger partial charge on any atom is 0.213 e. The molecule has 4 nitrogen and oxygen atoms in total. The third kappa shape index (κ3) is 3.22. The molecule has 2 N–H and O–H groups in total. The first kappa shape index (κ1) is 10.8. The second-order valence-corrected chi connectivity index (χ2v) is 2.93. The maximum absolute atomic E-state index is 5.42. The first-order valence-corrected chi connectivity index (χ1v) is 4.71. The van der Waals surface area contributed by atoms with Crippen LogP contribution in [0.15, 0.2) is 18.3 Å². The molecule has 4 heteroatoms. The predicted molar refractivity (Wildman–Crippen MR) is 56.7 cm³/mol. The van der Waals surface area contributed by atoms with E-state index in [-0.39, 0.29) is 7.53 Å². The molecule has 0 radical (unpaired) electrons. The minimum Gasteiger partial charge on any atom is -0.492 e. The number of hydrogen-bond acceptors (Lipinski definition) is 4. The van der Waals surface area contributed by atoms with Gasteiger partial charge in [-0.05, 0) is 19.9 Å². The normalized spacial score (nSPS) is 12.2. The van der Waals surface area contributed by atoms with Crippen molar-refractivity contribution in [1.82, 2.24) is 4.98 Å². The van der Waals surface area contributed by atoms with Crippen molar-refractivity contribution in [2.24, 2.45) is 5.73 Å². The molecule has 1 heterocycles. The molecule has 0 fully saturated rings. The topological polar surface area (TPSA) is 57.4 Å². The molecule has 1 rings (SSSR count). The van der Waals surface area contributed by atoms with Crippen molar-refractivity contribution in [2.45, 2.75) is 20.0 Å². The number of nitrogens with two attached hydrogens (primary N) is 1. The third-order valence-corrected chi connectivity index (χ3v) is 1.67. The molecule has 14 heavy (non-hydrogen) atoms. The quantitative estimate of drug-likeness (QED) is 0.778. The third-order valence-electron chi connectivity index (χ3n) is 1.67. The molecule has 0 aliphatic carbocycles. The Morgan fingerprint density at radius 3 is 2.86 bits per heavy atom. The highest BCUT2D eigenvalue weighted by atomic mass is 16.5. The van der Waals surface area contributed by atoms with E-state index in [0.717, 1.165) is 5.75 Å². The Balaban J connectivity index is 0.00000196. The molecular formula is C10H18N2O2. The van der Waals surface area contributed by atoms with Gasteiger partial charge in [0, 0.05) is 14.0 Å². The summed E-state index contributed by atoms with van der Waals surface area (Å²) in [5.41, 5.74) is 5.42. The lowest BCUT2D eigenvalue weighted by atomic mass is 10.4. The molecule has 0 aliphatic heterocycles.